The van der Waals surface area contributed by atoms with Crippen LogP contribution in [0, 0.1) is 31.5 Å². The van der Waals surface area contributed by atoms with Crippen LogP contribution in [0.3, 0.4) is 0 Å². The number of amides is 2. The molecular weight excluding hydrogens is 307 g/mol. The lowest BCUT2D eigenvalue weighted by atomic mass is 10.1. The Morgan fingerprint density at radius 2 is 1.58 bits per heavy atom. The van der Waals surface area contributed by atoms with Crippen LogP contribution in [0.5, 0.6) is 0 Å². The topological polar surface area (TPSA) is 58.2 Å². The van der Waals surface area contributed by atoms with Gasteiger partial charge in [-0.25, -0.2) is 4.39 Å². The van der Waals surface area contributed by atoms with Crippen LogP contribution in [0.1, 0.15) is 17.5 Å². The largest absolute Gasteiger partial charge is 0.326 e. The molecule has 0 aliphatic heterocycles. The van der Waals surface area contributed by atoms with Crippen molar-refractivity contribution < 1.29 is 14.0 Å². The van der Waals surface area contributed by atoms with Crippen LogP contribution in [0.15, 0.2) is 42.5 Å². The van der Waals surface area contributed by atoms with E-state index in [4.69, 9.17) is 0 Å². The summed E-state index contributed by atoms with van der Waals surface area (Å²) in [7, 11) is 0. The van der Waals surface area contributed by atoms with Gasteiger partial charge in [0.1, 0.15) is 5.82 Å². The Morgan fingerprint density at radius 1 is 0.958 bits per heavy atom. The summed E-state index contributed by atoms with van der Waals surface area (Å²) in [4.78, 5) is 24.5. The molecule has 0 bridgehead atoms. The average molecular weight is 326 g/mol. The molecule has 24 heavy (non-hydrogen) atoms. The standard InChI is InChI=1S/C19H19FN2O2/c1-11-3-4-12(2)17(9-11)22-19(24)16-10-15(16)18(23)21-14-7-5-13(20)6-8-14/h3-9,15-16H,10H2,1-2H3,(H,21,23)(H,22,24). The van der Waals surface area contributed by atoms with Gasteiger partial charge in [0.25, 0.3) is 0 Å². The third-order valence-corrected chi connectivity index (χ3v) is 4.23. The Balaban J connectivity index is 1.58. The maximum absolute atomic E-state index is 12.9. The zero-order valence-corrected chi connectivity index (χ0v) is 13.6. The number of hydrogen-bond donors (Lipinski definition) is 2. The first-order valence-electron chi connectivity index (χ1n) is 7.88. The monoisotopic (exact) mass is 326 g/mol. The molecule has 0 aromatic heterocycles. The number of carbonyl (C=O) groups excluding carboxylic acids is 2. The van der Waals surface area contributed by atoms with E-state index < -0.39 is 0 Å². The van der Waals surface area contributed by atoms with Crippen LogP contribution in [0.25, 0.3) is 0 Å². The van der Waals surface area contributed by atoms with E-state index in [1.54, 1.807) is 0 Å². The number of anilines is 2. The number of rotatable bonds is 4. The first-order valence-corrected chi connectivity index (χ1v) is 7.88. The minimum atomic E-state index is -0.356. The van der Waals surface area contributed by atoms with Crippen molar-refractivity contribution in [2.45, 2.75) is 20.3 Å². The second-order valence-electron chi connectivity index (χ2n) is 6.25. The molecule has 124 valence electrons. The van der Waals surface area contributed by atoms with Crippen molar-refractivity contribution in [2.75, 3.05) is 10.6 Å². The Bertz CT molecular complexity index is 786. The molecule has 1 saturated carbocycles. The summed E-state index contributed by atoms with van der Waals surface area (Å²) in [6.45, 7) is 3.89. The van der Waals surface area contributed by atoms with E-state index in [0.717, 1.165) is 16.8 Å². The van der Waals surface area contributed by atoms with Crippen molar-refractivity contribution in [1.29, 1.82) is 0 Å². The lowest BCUT2D eigenvalue weighted by Crippen LogP contribution is -2.21. The third-order valence-electron chi connectivity index (χ3n) is 4.23. The molecule has 0 spiro atoms. The van der Waals surface area contributed by atoms with E-state index in [9.17, 15) is 14.0 Å². The maximum Gasteiger partial charge on any atom is 0.228 e. The number of halogens is 1. The fraction of sp³-hybridized carbons (Fsp3) is 0.263. The van der Waals surface area contributed by atoms with Crippen molar-refractivity contribution in [3.05, 3.63) is 59.4 Å². The normalized spacial score (nSPS) is 18.8. The zero-order valence-electron chi connectivity index (χ0n) is 13.6. The predicted molar refractivity (Wildman–Crippen MR) is 91.2 cm³/mol. The SMILES string of the molecule is Cc1ccc(C)c(NC(=O)C2CC2C(=O)Nc2ccc(F)cc2)c1. The summed E-state index contributed by atoms with van der Waals surface area (Å²) in [5, 5.41) is 5.62. The molecule has 2 N–H and O–H groups in total. The number of hydrogen-bond acceptors (Lipinski definition) is 2. The molecule has 1 fully saturated rings. The Kier molecular flexibility index (Phi) is 4.34. The van der Waals surface area contributed by atoms with Crippen molar-refractivity contribution >= 4 is 23.2 Å². The van der Waals surface area contributed by atoms with E-state index >= 15 is 0 Å². The first-order chi connectivity index (χ1) is 11.4. The van der Waals surface area contributed by atoms with Gasteiger partial charge in [0, 0.05) is 11.4 Å². The van der Waals surface area contributed by atoms with Crippen LogP contribution in [-0.2, 0) is 9.59 Å². The van der Waals surface area contributed by atoms with E-state index in [0.29, 0.717) is 12.1 Å². The third kappa shape index (κ3) is 3.62. The fourth-order valence-electron chi connectivity index (χ4n) is 2.64. The van der Waals surface area contributed by atoms with Crippen molar-refractivity contribution in [1.82, 2.24) is 0 Å². The summed E-state index contributed by atoms with van der Waals surface area (Å²) in [6.07, 6.45) is 0.531. The summed E-state index contributed by atoms with van der Waals surface area (Å²) in [6, 6.07) is 11.4. The van der Waals surface area contributed by atoms with Gasteiger partial charge in [-0.3, -0.25) is 9.59 Å². The fourth-order valence-corrected chi connectivity index (χ4v) is 2.64. The molecule has 2 amide bonds. The van der Waals surface area contributed by atoms with Crippen molar-refractivity contribution in [3.63, 3.8) is 0 Å². The van der Waals surface area contributed by atoms with Crippen LogP contribution in [0.4, 0.5) is 15.8 Å². The molecule has 2 aromatic carbocycles. The molecule has 1 aliphatic carbocycles. The minimum absolute atomic E-state index is 0.136. The lowest BCUT2D eigenvalue weighted by molar-refractivity contribution is -0.122. The Hall–Kier alpha value is -2.69. The Labute approximate surface area is 140 Å². The van der Waals surface area contributed by atoms with Gasteiger partial charge in [-0.05, 0) is 61.7 Å². The van der Waals surface area contributed by atoms with Crippen molar-refractivity contribution in [3.8, 4) is 0 Å². The van der Waals surface area contributed by atoms with Gasteiger partial charge < -0.3 is 10.6 Å². The number of aryl methyl sites for hydroxylation is 2. The molecule has 2 atom stereocenters. The van der Waals surface area contributed by atoms with E-state index in [1.165, 1.54) is 24.3 Å². The van der Waals surface area contributed by atoms with Gasteiger partial charge in [0.05, 0.1) is 11.8 Å². The maximum atomic E-state index is 12.9. The lowest BCUT2D eigenvalue weighted by Gasteiger charge is -2.09. The highest BCUT2D eigenvalue weighted by atomic mass is 19.1. The molecule has 4 nitrogen and oxygen atoms in total. The zero-order chi connectivity index (χ0) is 17.3. The number of carbonyl (C=O) groups is 2. The van der Waals surface area contributed by atoms with Gasteiger partial charge >= 0.3 is 0 Å². The molecular formula is C19H19FN2O2. The van der Waals surface area contributed by atoms with Crippen LogP contribution < -0.4 is 10.6 Å². The average Bonchev–Trinajstić information content (AvgIpc) is 3.34. The number of benzene rings is 2. The van der Waals surface area contributed by atoms with Gasteiger partial charge in [0.2, 0.25) is 11.8 Å². The molecule has 0 saturated heterocycles. The summed E-state index contributed by atoms with van der Waals surface area (Å²) in [5.41, 5.74) is 3.37. The molecule has 1 aliphatic rings. The summed E-state index contributed by atoms with van der Waals surface area (Å²) >= 11 is 0. The quantitative estimate of drug-likeness (QED) is 0.901. The van der Waals surface area contributed by atoms with E-state index in [1.807, 2.05) is 32.0 Å². The molecule has 0 heterocycles. The highest BCUT2D eigenvalue weighted by molar-refractivity contribution is 6.03. The van der Waals surface area contributed by atoms with Gasteiger partial charge in [0.15, 0.2) is 0 Å². The van der Waals surface area contributed by atoms with Gasteiger partial charge in [-0.15, -0.1) is 0 Å². The van der Waals surface area contributed by atoms with Crippen molar-refractivity contribution in [2.24, 2.45) is 11.8 Å². The summed E-state index contributed by atoms with van der Waals surface area (Å²) in [5.74, 6) is -1.35. The molecule has 3 rings (SSSR count). The van der Waals surface area contributed by atoms with E-state index in [-0.39, 0.29) is 29.5 Å². The minimum Gasteiger partial charge on any atom is -0.326 e. The van der Waals surface area contributed by atoms with Crippen LogP contribution >= 0.6 is 0 Å². The molecule has 0 radical (unpaired) electrons. The predicted octanol–water partition coefficient (Wildman–Crippen LogP) is 3.66. The smallest absolute Gasteiger partial charge is 0.228 e. The van der Waals surface area contributed by atoms with E-state index in [2.05, 4.69) is 10.6 Å². The van der Waals surface area contributed by atoms with Gasteiger partial charge in [-0.2, -0.15) is 0 Å². The molecule has 5 heteroatoms. The summed E-state index contributed by atoms with van der Waals surface area (Å²) < 4.78 is 12.9. The molecule has 2 unspecified atom stereocenters. The van der Waals surface area contributed by atoms with Crippen LogP contribution in [-0.4, -0.2) is 11.8 Å². The second kappa shape index (κ2) is 6.43. The highest BCUT2D eigenvalue weighted by Gasteiger charge is 2.48. The highest BCUT2D eigenvalue weighted by Crippen LogP contribution is 2.40. The Morgan fingerprint density at radius 3 is 2.25 bits per heavy atom. The van der Waals surface area contributed by atoms with Gasteiger partial charge in [-0.1, -0.05) is 12.1 Å². The van der Waals surface area contributed by atoms with Crippen LogP contribution in [0.2, 0.25) is 0 Å². The second-order valence-corrected chi connectivity index (χ2v) is 6.25. The number of nitrogens with one attached hydrogen (secondary N) is 2. The molecule has 2 aromatic rings. The first kappa shape index (κ1) is 16.2.